The highest BCUT2D eigenvalue weighted by Crippen LogP contribution is 2.42. The first-order valence-corrected chi connectivity index (χ1v) is 5.94. The SMILES string of the molecule is c1ccc2c(c1)sc1cc3c(cc12)OCO3. The van der Waals surface area contributed by atoms with Gasteiger partial charge in [0.25, 0.3) is 0 Å². The molecule has 2 heterocycles. The van der Waals surface area contributed by atoms with Gasteiger partial charge in [-0.05, 0) is 12.1 Å². The summed E-state index contributed by atoms with van der Waals surface area (Å²) in [5, 5.41) is 2.55. The molecule has 2 nitrogen and oxygen atoms in total. The van der Waals surface area contributed by atoms with E-state index in [9.17, 15) is 0 Å². The minimum absolute atomic E-state index is 0.338. The molecule has 2 aromatic carbocycles. The van der Waals surface area contributed by atoms with Crippen LogP contribution >= 0.6 is 11.3 Å². The lowest BCUT2D eigenvalue weighted by molar-refractivity contribution is 0.174. The van der Waals surface area contributed by atoms with Crippen LogP contribution in [0.25, 0.3) is 20.2 Å². The standard InChI is InChI=1S/C13H8O2S/c1-2-4-12-8(3-1)9-5-10-11(15-7-14-10)6-13(9)16-12/h1-6H,7H2. The molecule has 0 aliphatic carbocycles. The van der Waals surface area contributed by atoms with Crippen molar-refractivity contribution in [1.82, 2.24) is 0 Å². The average Bonchev–Trinajstić information content (AvgIpc) is 2.88. The third-order valence-corrected chi connectivity index (χ3v) is 4.01. The van der Waals surface area contributed by atoms with Gasteiger partial charge in [-0.2, -0.15) is 0 Å². The Morgan fingerprint density at radius 3 is 2.62 bits per heavy atom. The van der Waals surface area contributed by atoms with Gasteiger partial charge in [0.15, 0.2) is 11.5 Å². The van der Waals surface area contributed by atoms with Crippen molar-refractivity contribution >= 4 is 31.5 Å². The minimum atomic E-state index is 0.338. The van der Waals surface area contributed by atoms with Gasteiger partial charge in [0.2, 0.25) is 6.79 Å². The zero-order valence-electron chi connectivity index (χ0n) is 8.40. The number of benzene rings is 2. The fraction of sp³-hybridized carbons (Fsp3) is 0.0769. The number of fused-ring (bicyclic) bond motifs is 4. The highest BCUT2D eigenvalue weighted by molar-refractivity contribution is 7.25. The third-order valence-electron chi connectivity index (χ3n) is 2.87. The molecule has 16 heavy (non-hydrogen) atoms. The molecule has 0 atom stereocenters. The van der Waals surface area contributed by atoms with E-state index >= 15 is 0 Å². The Hall–Kier alpha value is -1.74. The van der Waals surface area contributed by atoms with E-state index in [1.54, 1.807) is 11.3 Å². The Morgan fingerprint density at radius 1 is 0.875 bits per heavy atom. The predicted octanol–water partition coefficient (Wildman–Crippen LogP) is 3.78. The molecule has 1 aliphatic rings. The van der Waals surface area contributed by atoms with Gasteiger partial charge in [-0.15, -0.1) is 11.3 Å². The van der Waals surface area contributed by atoms with Gasteiger partial charge in [-0.1, -0.05) is 18.2 Å². The Morgan fingerprint density at radius 2 is 1.69 bits per heavy atom. The monoisotopic (exact) mass is 228 g/mol. The number of ether oxygens (including phenoxy) is 2. The molecule has 0 N–H and O–H groups in total. The number of thiophene rings is 1. The Kier molecular flexibility index (Phi) is 1.52. The lowest BCUT2D eigenvalue weighted by atomic mass is 10.1. The predicted molar refractivity (Wildman–Crippen MR) is 65.5 cm³/mol. The number of hydrogen-bond donors (Lipinski definition) is 0. The van der Waals surface area contributed by atoms with Crippen LogP contribution in [-0.2, 0) is 0 Å². The van der Waals surface area contributed by atoms with E-state index in [1.807, 2.05) is 0 Å². The van der Waals surface area contributed by atoms with Crippen molar-refractivity contribution in [1.29, 1.82) is 0 Å². The molecule has 0 amide bonds. The van der Waals surface area contributed by atoms with Crippen LogP contribution in [0, 0.1) is 0 Å². The summed E-state index contributed by atoms with van der Waals surface area (Å²) in [6, 6.07) is 12.6. The molecular weight excluding hydrogens is 220 g/mol. The van der Waals surface area contributed by atoms with Crippen LogP contribution in [-0.4, -0.2) is 6.79 Å². The van der Waals surface area contributed by atoms with Crippen LogP contribution in [0.5, 0.6) is 11.5 Å². The maximum atomic E-state index is 5.41. The van der Waals surface area contributed by atoms with Crippen molar-refractivity contribution in [2.75, 3.05) is 6.79 Å². The molecule has 0 radical (unpaired) electrons. The summed E-state index contributed by atoms with van der Waals surface area (Å²) < 4.78 is 13.4. The molecule has 0 bridgehead atoms. The van der Waals surface area contributed by atoms with Crippen molar-refractivity contribution in [2.45, 2.75) is 0 Å². The zero-order chi connectivity index (χ0) is 10.5. The lowest BCUT2D eigenvalue weighted by Crippen LogP contribution is -1.92. The molecule has 0 spiro atoms. The molecule has 1 aromatic heterocycles. The van der Waals surface area contributed by atoms with Crippen molar-refractivity contribution < 1.29 is 9.47 Å². The summed E-state index contributed by atoms with van der Waals surface area (Å²) in [4.78, 5) is 0. The van der Waals surface area contributed by atoms with E-state index < -0.39 is 0 Å². The molecule has 3 aromatic rings. The van der Waals surface area contributed by atoms with Gasteiger partial charge in [-0.3, -0.25) is 0 Å². The fourth-order valence-corrected chi connectivity index (χ4v) is 3.23. The highest BCUT2D eigenvalue weighted by Gasteiger charge is 2.16. The van der Waals surface area contributed by atoms with E-state index in [2.05, 4.69) is 36.4 Å². The molecule has 1 aliphatic heterocycles. The van der Waals surface area contributed by atoms with Crippen LogP contribution in [0.2, 0.25) is 0 Å². The van der Waals surface area contributed by atoms with Gasteiger partial charge in [0, 0.05) is 26.2 Å². The largest absolute Gasteiger partial charge is 0.454 e. The van der Waals surface area contributed by atoms with Crippen LogP contribution in [0.15, 0.2) is 36.4 Å². The summed E-state index contributed by atoms with van der Waals surface area (Å²) in [5.74, 6) is 1.72. The van der Waals surface area contributed by atoms with Crippen molar-refractivity contribution in [3.8, 4) is 11.5 Å². The summed E-state index contributed by atoms with van der Waals surface area (Å²) in [7, 11) is 0. The first-order chi connectivity index (χ1) is 7.92. The summed E-state index contributed by atoms with van der Waals surface area (Å²) in [6.45, 7) is 0.338. The van der Waals surface area contributed by atoms with E-state index in [0.717, 1.165) is 11.5 Å². The molecule has 0 saturated carbocycles. The summed E-state index contributed by atoms with van der Waals surface area (Å²) >= 11 is 1.79. The Bertz CT molecular complexity index is 700. The highest BCUT2D eigenvalue weighted by atomic mass is 32.1. The second-order valence-corrected chi connectivity index (χ2v) is 4.88. The molecule has 0 fully saturated rings. The van der Waals surface area contributed by atoms with Gasteiger partial charge in [-0.25, -0.2) is 0 Å². The van der Waals surface area contributed by atoms with E-state index in [0.29, 0.717) is 6.79 Å². The summed E-state index contributed by atoms with van der Waals surface area (Å²) in [6.07, 6.45) is 0. The lowest BCUT2D eigenvalue weighted by Gasteiger charge is -1.95. The Balaban J connectivity index is 2.19. The molecule has 3 heteroatoms. The van der Waals surface area contributed by atoms with E-state index in [1.165, 1.54) is 20.2 Å². The van der Waals surface area contributed by atoms with Crippen molar-refractivity contribution in [2.24, 2.45) is 0 Å². The van der Waals surface area contributed by atoms with Crippen LogP contribution < -0.4 is 9.47 Å². The molecule has 0 unspecified atom stereocenters. The molecule has 78 valence electrons. The smallest absolute Gasteiger partial charge is 0.231 e. The summed E-state index contributed by atoms with van der Waals surface area (Å²) in [5.41, 5.74) is 0. The normalized spacial score (nSPS) is 13.8. The maximum Gasteiger partial charge on any atom is 0.231 e. The second kappa shape index (κ2) is 2.89. The average molecular weight is 228 g/mol. The van der Waals surface area contributed by atoms with Gasteiger partial charge in [0.05, 0.1) is 0 Å². The van der Waals surface area contributed by atoms with E-state index in [4.69, 9.17) is 9.47 Å². The Labute approximate surface area is 96.0 Å². The third kappa shape index (κ3) is 1.01. The fourth-order valence-electron chi connectivity index (χ4n) is 2.11. The van der Waals surface area contributed by atoms with Crippen molar-refractivity contribution in [3.63, 3.8) is 0 Å². The molecular formula is C13H8O2S. The van der Waals surface area contributed by atoms with E-state index in [-0.39, 0.29) is 0 Å². The van der Waals surface area contributed by atoms with Crippen molar-refractivity contribution in [3.05, 3.63) is 36.4 Å². The van der Waals surface area contributed by atoms with Gasteiger partial charge in [0.1, 0.15) is 0 Å². The zero-order valence-corrected chi connectivity index (χ0v) is 9.21. The van der Waals surface area contributed by atoms with Crippen LogP contribution in [0.4, 0.5) is 0 Å². The number of hydrogen-bond acceptors (Lipinski definition) is 3. The van der Waals surface area contributed by atoms with Gasteiger partial charge >= 0.3 is 0 Å². The van der Waals surface area contributed by atoms with Gasteiger partial charge < -0.3 is 9.47 Å². The van der Waals surface area contributed by atoms with Crippen LogP contribution in [0.1, 0.15) is 0 Å². The first-order valence-electron chi connectivity index (χ1n) is 5.13. The topological polar surface area (TPSA) is 18.5 Å². The maximum absolute atomic E-state index is 5.41. The number of rotatable bonds is 0. The minimum Gasteiger partial charge on any atom is -0.454 e. The second-order valence-electron chi connectivity index (χ2n) is 3.80. The quantitative estimate of drug-likeness (QED) is 0.583. The first kappa shape index (κ1) is 8.42. The van der Waals surface area contributed by atoms with Crippen LogP contribution in [0.3, 0.4) is 0 Å². The molecule has 0 saturated heterocycles. The molecule has 4 rings (SSSR count).